The fourth-order valence-electron chi connectivity index (χ4n) is 1.52. The molecule has 2 rings (SSSR count). The lowest BCUT2D eigenvalue weighted by Gasteiger charge is -2.08. The summed E-state index contributed by atoms with van der Waals surface area (Å²) in [5, 5.41) is 3.86. The molecule has 0 unspecified atom stereocenters. The van der Waals surface area contributed by atoms with Crippen molar-refractivity contribution in [3.05, 3.63) is 24.5 Å². The smallest absolute Gasteiger partial charge is 0.243 e. The van der Waals surface area contributed by atoms with Crippen LogP contribution in [0.2, 0.25) is 0 Å². The molecule has 17 heavy (non-hydrogen) atoms. The Balaban J connectivity index is 2.16. The summed E-state index contributed by atoms with van der Waals surface area (Å²) >= 11 is 0. The second-order valence-electron chi connectivity index (χ2n) is 4.29. The molecule has 2 aromatic heterocycles. The van der Waals surface area contributed by atoms with Gasteiger partial charge in [-0.1, -0.05) is 19.0 Å². The van der Waals surface area contributed by atoms with Crippen LogP contribution >= 0.6 is 0 Å². The molecule has 0 saturated carbocycles. The van der Waals surface area contributed by atoms with Gasteiger partial charge in [0, 0.05) is 6.20 Å². The van der Waals surface area contributed by atoms with Crippen LogP contribution in [-0.2, 0) is 0 Å². The summed E-state index contributed by atoms with van der Waals surface area (Å²) in [6, 6.07) is 1.50. The van der Waals surface area contributed by atoms with Crippen LogP contribution in [0.1, 0.15) is 32.2 Å². The molecule has 0 aliphatic carbocycles. The zero-order valence-electron chi connectivity index (χ0n) is 9.87. The Hall–Kier alpha value is -1.82. The van der Waals surface area contributed by atoms with Gasteiger partial charge in [-0.2, -0.15) is 4.98 Å². The van der Waals surface area contributed by atoms with Gasteiger partial charge in [-0.25, -0.2) is 9.97 Å². The van der Waals surface area contributed by atoms with E-state index in [1.807, 2.05) is 0 Å². The summed E-state index contributed by atoms with van der Waals surface area (Å²) in [5.41, 5.74) is 6.59. The molecule has 0 fully saturated rings. The van der Waals surface area contributed by atoms with Crippen LogP contribution < -0.4 is 5.73 Å². The van der Waals surface area contributed by atoms with Crippen LogP contribution in [0.25, 0.3) is 11.5 Å². The first kappa shape index (κ1) is 11.7. The van der Waals surface area contributed by atoms with Crippen LogP contribution in [0.3, 0.4) is 0 Å². The van der Waals surface area contributed by atoms with Crippen LogP contribution in [-0.4, -0.2) is 20.1 Å². The summed E-state index contributed by atoms with van der Waals surface area (Å²) in [7, 11) is 0. The Morgan fingerprint density at radius 2 is 2.24 bits per heavy atom. The number of hydrogen-bond donors (Lipinski definition) is 1. The SMILES string of the molecule is CC(C)C[C@@H](N)c1nc(-c2ccncn2)no1. The molecule has 0 aromatic carbocycles. The molecule has 0 saturated heterocycles. The Bertz CT molecular complexity index is 468. The first-order valence-electron chi connectivity index (χ1n) is 5.52. The molecule has 0 bridgehead atoms. The van der Waals surface area contributed by atoms with Gasteiger partial charge in [0.1, 0.15) is 12.0 Å². The average molecular weight is 233 g/mol. The van der Waals surface area contributed by atoms with Crippen molar-refractivity contribution < 1.29 is 4.52 Å². The minimum atomic E-state index is -0.224. The van der Waals surface area contributed by atoms with Gasteiger partial charge >= 0.3 is 0 Å². The molecule has 2 N–H and O–H groups in total. The summed E-state index contributed by atoms with van der Waals surface area (Å²) in [5.74, 6) is 1.38. The van der Waals surface area contributed by atoms with E-state index in [2.05, 4.69) is 34.0 Å². The van der Waals surface area contributed by atoms with Gasteiger partial charge in [0.15, 0.2) is 0 Å². The minimum Gasteiger partial charge on any atom is -0.337 e. The third kappa shape index (κ3) is 2.85. The van der Waals surface area contributed by atoms with Gasteiger partial charge in [0.05, 0.1) is 6.04 Å². The zero-order valence-corrected chi connectivity index (χ0v) is 9.87. The van der Waals surface area contributed by atoms with Crippen molar-refractivity contribution in [2.45, 2.75) is 26.3 Å². The highest BCUT2D eigenvalue weighted by Gasteiger charge is 2.17. The van der Waals surface area contributed by atoms with Crippen LogP contribution in [0.15, 0.2) is 23.1 Å². The van der Waals surface area contributed by atoms with Crippen molar-refractivity contribution in [2.24, 2.45) is 11.7 Å². The van der Waals surface area contributed by atoms with E-state index < -0.39 is 0 Å². The highest BCUT2D eigenvalue weighted by atomic mass is 16.5. The van der Waals surface area contributed by atoms with Gasteiger partial charge < -0.3 is 10.3 Å². The number of nitrogens with zero attached hydrogens (tertiary/aromatic N) is 4. The molecular weight excluding hydrogens is 218 g/mol. The van der Waals surface area contributed by atoms with E-state index in [0.717, 1.165) is 6.42 Å². The molecule has 0 radical (unpaired) electrons. The standard InChI is InChI=1S/C11H15N5O/c1-7(2)5-8(12)11-15-10(16-17-11)9-3-4-13-6-14-9/h3-4,6-8H,5,12H2,1-2H3/t8-/m1/s1. The predicted octanol–water partition coefficient (Wildman–Crippen LogP) is 1.57. The van der Waals surface area contributed by atoms with E-state index in [0.29, 0.717) is 23.3 Å². The lowest BCUT2D eigenvalue weighted by atomic mass is 10.0. The Morgan fingerprint density at radius 3 is 2.88 bits per heavy atom. The Morgan fingerprint density at radius 1 is 1.41 bits per heavy atom. The van der Waals surface area contributed by atoms with E-state index >= 15 is 0 Å². The maximum atomic E-state index is 5.96. The molecule has 6 nitrogen and oxygen atoms in total. The normalized spacial score (nSPS) is 12.9. The van der Waals surface area contributed by atoms with Crippen molar-refractivity contribution in [3.8, 4) is 11.5 Å². The van der Waals surface area contributed by atoms with E-state index in [1.165, 1.54) is 6.33 Å². The van der Waals surface area contributed by atoms with Crippen molar-refractivity contribution in [1.82, 2.24) is 20.1 Å². The van der Waals surface area contributed by atoms with E-state index in [4.69, 9.17) is 10.3 Å². The van der Waals surface area contributed by atoms with Gasteiger partial charge in [-0.15, -0.1) is 0 Å². The third-order valence-electron chi connectivity index (χ3n) is 2.30. The molecule has 2 aromatic rings. The van der Waals surface area contributed by atoms with Crippen molar-refractivity contribution in [3.63, 3.8) is 0 Å². The topological polar surface area (TPSA) is 90.7 Å². The summed E-state index contributed by atoms with van der Waals surface area (Å²) in [4.78, 5) is 12.1. The summed E-state index contributed by atoms with van der Waals surface area (Å²) in [6.07, 6.45) is 3.89. The van der Waals surface area contributed by atoms with Gasteiger partial charge in [-0.05, 0) is 18.4 Å². The van der Waals surface area contributed by atoms with Crippen LogP contribution in [0, 0.1) is 5.92 Å². The van der Waals surface area contributed by atoms with Crippen LogP contribution in [0.4, 0.5) is 0 Å². The van der Waals surface area contributed by atoms with E-state index in [-0.39, 0.29) is 6.04 Å². The molecule has 6 heteroatoms. The largest absolute Gasteiger partial charge is 0.337 e. The number of nitrogens with two attached hydrogens (primary N) is 1. The fourth-order valence-corrected chi connectivity index (χ4v) is 1.52. The van der Waals surface area contributed by atoms with E-state index in [9.17, 15) is 0 Å². The molecule has 1 atom stereocenters. The average Bonchev–Trinajstić information content (AvgIpc) is 2.78. The first-order valence-corrected chi connectivity index (χ1v) is 5.52. The number of rotatable bonds is 4. The zero-order chi connectivity index (χ0) is 12.3. The lowest BCUT2D eigenvalue weighted by molar-refractivity contribution is 0.335. The highest BCUT2D eigenvalue weighted by molar-refractivity contribution is 5.46. The Kier molecular flexibility index (Phi) is 3.43. The number of aromatic nitrogens is 4. The minimum absolute atomic E-state index is 0.224. The second kappa shape index (κ2) is 5.01. The molecule has 90 valence electrons. The van der Waals surface area contributed by atoms with Crippen molar-refractivity contribution in [1.29, 1.82) is 0 Å². The molecule has 0 amide bonds. The summed E-state index contributed by atoms with van der Waals surface area (Å²) in [6.45, 7) is 4.20. The second-order valence-corrected chi connectivity index (χ2v) is 4.29. The molecule has 0 aliphatic rings. The molecule has 0 aliphatic heterocycles. The summed E-state index contributed by atoms with van der Waals surface area (Å²) < 4.78 is 5.14. The van der Waals surface area contributed by atoms with Gasteiger partial charge in [-0.3, -0.25) is 0 Å². The number of hydrogen-bond acceptors (Lipinski definition) is 6. The first-order chi connectivity index (χ1) is 8.16. The third-order valence-corrected chi connectivity index (χ3v) is 2.30. The van der Waals surface area contributed by atoms with Crippen LogP contribution in [0.5, 0.6) is 0 Å². The maximum Gasteiger partial charge on any atom is 0.243 e. The van der Waals surface area contributed by atoms with Gasteiger partial charge in [0.2, 0.25) is 11.7 Å². The quantitative estimate of drug-likeness (QED) is 0.861. The van der Waals surface area contributed by atoms with Crippen molar-refractivity contribution >= 4 is 0 Å². The van der Waals surface area contributed by atoms with Gasteiger partial charge in [0.25, 0.3) is 0 Å². The molecular formula is C11H15N5O. The predicted molar refractivity (Wildman–Crippen MR) is 61.7 cm³/mol. The monoisotopic (exact) mass is 233 g/mol. The fraction of sp³-hybridized carbons (Fsp3) is 0.455. The van der Waals surface area contributed by atoms with Crippen molar-refractivity contribution in [2.75, 3.05) is 0 Å². The highest BCUT2D eigenvalue weighted by Crippen LogP contribution is 2.19. The van der Waals surface area contributed by atoms with E-state index in [1.54, 1.807) is 12.3 Å². The molecule has 2 heterocycles. The lowest BCUT2D eigenvalue weighted by Crippen LogP contribution is -2.13. The Labute approximate surface area is 99.3 Å². The maximum absolute atomic E-state index is 5.96. The molecule has 0 spiro atoms.